The third-order valence-corrected chi connectivity index (χ3v) is 2.78. The predicted molar refractivity (Wildman–Crippen MR) is 80.9 cm³/mol. The molecule has 0 fully saturated rings. The van der Waals surface area contributed by atoms with Crippen LogP contribution in [-0.2, 0) is 0 Å². The summed E-state index contributed by atoms with van der Waals surface area (Å²) in [6.45, 7) is 2.77. The standard InChI is InChI=1S/C16H16ClNO/c1-2-10-19-16-9-8-14(17)11-13(16)12-18-15-6-4-3-5-7-15/h3-9,11-12H,2,10H2,1H3. The lowest BCUT2D eigenvalue weighted by molar-refractivity contribution is 0.317. The molecule has 0 aliphatic carbocycles. The molecule has 0 saturated carbocycles. The van der Waals surface area contributed by atoms with E-state index in [1.165, 1.54) is 0 Å². The summed E-state index contributed by atoms with van der Waals surface area (Å²) in [5, 5.41) is 0.679. The van der Waals surface area contributed by atoms with Gasteiger partial charge in [-0.1, -0.05) is 36.7 Å². The van der Waals surface area contributed by atoms with Crippen molar-refractivity contribution in [3.8, 4) is 5.75 Å². The van der Waals surface area contributed by atoms with Crippen LogP contribution in [0.3, 0.4) is 0 Å². The monoisotopic (exact) mass is 273 g/mol. The highest BCUT2D eigenvalue weighted by Crippen LogP contribution is 2.22. The largest absolute Gasteiger partial charge is 0.493 e. The van der Waals surface area contributed by atoms with Gasteiger partial charge < -0.3 is 4.74 Å². The first-order valence-electron chi connectivity index (χ1n) is 6.31. The van der Waals surface area contributed by atoms with Crippen LogP contribution in [0.1, 0.15) is 18.9 Å². The van der Waals surface area contributed by atoms with Crippen LogP contribution in [0.5, 0.6) is 5.75 Å². The van der Waals surface area contributed by atoms with Gasteiger partial charge in [0.15, 0.2) is 0 Å². The van der Waals surface area contributed by atoms with E-state index in [-0.39, 0.29) is 0 Å². The molecule has 0 bridgehead atoms. The normalized spacial score (nSPS) is 10.8. The molecule has 0 saturated heterocycles. The van der Waals surface area contributed by atoms with Crippen LogP contribution in [0, 0.1) is 0 Å². The van der Waals surface area contributed by atoms with Crippen molar-refractivity contribution in [3.05, 3.63) is 59.1 Å². The molecule has 2 aromatic carbocycles. The molecule has 2 nitrogen and oxygen atoms in total. The Morgan fingerprint density at radius 2 is 1.95 bits per heavy atom. The fraction of sp³-hybridized carbons (Fsp3) is 0.188. The van der Waals surface area contributed by atoms with E-state index in [1.54, 1.807) is 6.21 Å². The number of halogens is 1. The summed E-state index contributed by atoms with van der Waals surface area (Å²) in [5.74, 6) is 0.811. The Bertz CT molecular complexity index is 552. The number of aliphatic imine (C=N–C) groups is 1. The fourth-order valence-electron chi connectivity index (χ4n) is 1.62. The molecule has 3 heteroatoms. The quantitative estimate of drug-likeness (QED) is 0.712. The summed E-state index contributed by atoms with van der Waals surface area (Å²) in [5.41, 5.74) is 1.80. The highest BCUT2D eigenvalue weighted by molar-refractivity contribution is 6.30. The molecule has 0 amide bonds. The minimum Gasteiger partial charge on any atom is -0.493 e. The molecule has 2 rings (SSSR count). The van der Waals surface area contributed by atoms with Crippen molar-refractivity contribution in [3.63, 3.8) is 0 Å². The van der Waals surface area contributed by atoms with Crippen molar-refractivity contribution in [2.45, 2.75) is 13.3 Å². The van der Waals surface area contributed by atoms with E-state index in [9.17, 15) is 0 Å². The summed E-state index contributed by atoms with van der Waals surface area (Å²) in [6.07, 6.45) is 2.75. The van der Waals surface area contributed by atoms with Crippen LogP contribution in [0.15, 0.2) is 53.5 Å². The lowest BCUT2D eigenvalue weighted by atomic mass is 10.2. The van der Waals surface area contributed by atoms with E-state index in [0.717, 1.165) is 23.4 Å². The molecule has 0 N–H and O–H groups in total. The van der Waals surface area contributed by atoms with Crippen molar-refractivity contribution in [1.82, 2.24) is 0 Å². The minimum atomic E-state index is 0.679. The number of rotatable bonds is 5. The number of nitrogens with zero attached hydrogens (tertiary/aromatic N) is 1. The van der Waals surface area contributed by atoms with Crippen molar-refractivity contribution in [2.24, 2.45) is 4.99 Å². The summed E-state index contributed by atoms with van der Waals surface area (Å²) in [7, 11) is 0. The van der Waals surface area contributed by atoms with Crippen molar-refractivity contribution in [1.29, 1.82) is 0 Å². The highest BCUT2D eigenvalue weighted by Gasteiger charge is 2.02. The van der Waals surface area contributed by atoms with E-state index in [2.05, 4.69) is 11.9 Å². The number of ether oxygens (including phenoxy) is 1. The third-order valence-electron chi connectivity index (χ3n) is 2.54. The van der Waals surface area contributed by atoms with Crippen LogP contribution < -0.4 is 4.74 Å². The second-order valence-electron chi connectivity index (χ2n) is 4.12. The Labute approximate surface area is 118 Å². The third kappa shape index (κ3) is 4.11. The zero-order chi connectivity index (χ0) is 13.5. The maximum atomic E-state index is 6.02. The van der Waals surface area contributed by atoms with Gasteiger partial charge in [-0.15, -0.1) is 0 Å². The summed E-state index contributed by atoms with van der Waals surface area (Å²) < 4.78 is 5.68. The molecule has 0 spiro atoms. The van der Waals surface area contributed by atoms with E-state index in [4.69, 9.17) is 16.3 Å². The van der Waals surface area contributed by atoms with Crippen molar-refractivity contribution < 1.29 is 4.74 Å². The molecular formula is C16H16ClNO. The van der Waals surface area contributed by atoms with E-state index < -0.39 is 0 Å². The Morgan fingerprint density at radius 1 is 1.16 bits per heavy atom. The van der Waals surface area contributed by atoms with Gasteiger partial charge in [0.2, 0.25) is 0 Å². The molecule has 0 aliphatic heterocycles. The van der Waals surface area contributed by atoms with Crippen LogP contribution in [0.4, 0.5) is 5.69 Å². The topological polar surface area (TPSA) is 21.6 Å². The molecule has 98 valence electrons. The average Bonchev–Trinajstić information content (AvgIpc) is 2.45. The first kappa shape index (κ1) is 13.6. The zero-order valence-corrected chi connectivity index (χ0v) is 11.6. The Morgan fingerprint density at radius 3 is 2.68 bits per heavy atom. The number of benzene rings is 2. The van der Waals surface area contributed by atoms with Crippen LogP contribution >= 0.6 is 11.6 Å². The minimum absolute atomic E-state index is 0.679. The first-order valence-corrected chi connectivity index (χ1v) is 6.69. The highest BCUT2D eigenvalue weighted by atomic mass is 35.5. The molecule has 0 unspecified atom stereocenters. The SMILES string of the molecule is CCCOc1ccc(Cl)cc1C=Nc1ccccc1. The van der Waals surface area contributed by atoms with Gasteiger partial charge in [0.25, 0.3) is 0 Å². The van der Waals surface area contributed by atoms with Crippen molar-refractivity contribution >= 4 is 23.5 Å². The Balaban J connectivity index is 2.22. The maximum Gasteiger partial charge on any atom is 0.128 e. The van der Waals surface area contributed by atoms with Crippen molar-refractivity contribution in [2.75, 3.05) is 6.61 Å². The molecular weight excluding hydrogens is 258 g/mol. The van der Waals surface area contributed by atoms with Gasteiger partial charge in [-0.25, -0.2) is 0 Å². The smallest absolute Gasteiger partial charge is 0.128 e. The van der Waals surface area contributed by atoms with E-state index in [0.29, 0.717) is 11.6 Å². The molecule has 0 heterocycles. The molecule has 2 aromatic rings. The van der Waals surface area contributed by atoms with Crippen LogP contribution in [0.25, 0.3) is 0 Å². The fourth-order valence-corrected chi connectivity index (χ4v) is 1.80. The molecule has 0 radical (unpaired) electrons. The molecule has 0 atom stereocenters. The molecule has 19 heavy (non-hydrogen) atoms. The second-order valence-corrected chi connectivity index (χ2v) is 4.56. The van der Waals surface area contributed by atoms with Crippen LogP contribution in [-0.4, -0.2) is 12.8 Å². The summed E-state index contributed by atoms with van der Waals surface area (Å²) in [4.78, 5) is 4.42. The zero-order valence-electron chi connectivity index (χ0n) is 10.8. The average molecular weight is 274 g/mol. The molecule has 0 aliphatic rings. The number of hydrogen-bond acceptors (Lipinski definition) is 2. The van der Waals surface area contributed by atoms with Gasteiger partial charge in [-0.3, -0.25) is 4.99 Å². The summed E-state index contributed by atoms with van der Waals surface area (Å²) >= 11 is 6.02. The lowest BCUT2D eigenvalue weighted by Crippen LogP contribution is -1.98. The Kier molecular flexibility index (Phi) is 4.99. The van der Waals surface area contributed by atoms with Gasteiger partial charge in [0.1, 0.15) is 5.75 Å². The number of para-hydroxylation sites is 1. The first-order chi connectivity index (χ1) is 9.29. The van der Waals surface area contributed by atoms with Gasteiger partial charge >= 0.3 is 0 Å². The molecule has 0 aromatic heterocycles. The lowest BCUT2D eigenvalue weighted by Gasteiger charge is -2.08. The van der Waals surface area contributed by atoms with Crippen LogP contribution in [0.2, 0.25) is 5.02 Å². The van der Waals surface area contributed by atoms with Gasteiger partial charge in [-0.05, 0) is 36.8 Å². The van der Waals surface area contributed by atoms with Gasteiger partial charge in [-0.2, -0.15) is 0 Å². The predicted octanol–water partition coefficient (Wildman–Crippen LogP) is 4.88. The van der Waals surface area contributed by atoms with E-state index >= 15 is 0 Å². The van der Waals surface area contributed by atoms with Gasteiger partial charge in [0.05, 0.1) is 12.3 Å². The summed E-state index contributed by atoms with van der Waals surface area (Å²) in [6, 6.07) is 15.4. The Hall–Kier alpha value is -1.80. The van der Waals surface area contributed by atoms with Gasteiger partial charge in [0, 0.05) is 16.8 Å². The second kappa shape index (κ2) is 6.95. The number of hydrogen-bond donors (Lipinski definition) is 0. The van der Waals surface area contributed by atoms with E-state index in [1.807, 2.05) is 48.5 Å². The maximum absolute atomic E-state index is 6.02.